The molecule has 0 fully saturated rings. The fraction of sp³-hybridized carbons (Fsp3) is 0.562. The van der Waals surface area contributed by atoms with Crippen LogP contribution >= 0.6 is 0 Å². The molecule has 2 N–H and O–H groups in total. The summed E-state index contributed by atoms with van der Waals surface area (Å²) in [5, 5.41) is 6.16. The summed E-state index contributed by atoms with van der Waals surface area (Å²) in [6.45, 7) is 10.6. The molecule has 1 aromatic rings. The highest BCUT2D eigenvalue weighted by atomic mass is 16.7. The third-order valence-electron chi connectivity index (χ3n) is 2.95. The van der Waals surface area contributed by atoms with Gasteiger partial charge in [-0.1, -0.05) is 0 Å². The highest BCUT2D eigenvalue weighted by Gasteiger charge is 2.31. The van der Waals surface area contributed by atoms with Crippen LogP contribution in [0.25, 0.3) is 0 Å². The van der Waals surface area contributed by atoms with E-state index in [9.17, 15) is 4.79 Å². The Morgan fingerprint density at radius 1 is 1.19 bits per heavy atom. The minimum absolute atomic E-state index is 0.0185. The summed E-state index contributed by atoms with van der Waals surface area (Å²) in [5.74, 6) is 0.685. The number of carbonyl (C=O) groups is 1. The number of fused-ring (bicyclic) bond motifs is 1. The van der Waals surface area contributed by atoms with Gasteiger partial charge in [-0.25, -0.2) is 0 Å². The molecule has 1 amide bonds. The van der Waals surface area contributed by atoms with Crippen LogP contribution < -0.4 is 20.1 Å². The van der Waals surface area contributed by atoms with Gasteiger partial charge in [0.1, 0.15) is 0 Å². The quantitative estimate of drug-likeness (QED) is 0.896. The molecule has 0 unspecified atom stereocenters. The van der Waals surface area contributed by atoms with E-state index >= 15 is 0 Å². The number of benzene rings is 1. The maximum absolute atomic E-state index is 11.9. The van der Waals surface area contributed by atoms with Crippen molar-refractivity contribution in [1.82, 2.24) is 5.32 Å². The highest BCUT2D eigenvalue weighted by molar-refractivity contribution is 5.91. The van der Waals surface area contributed by atoms with Crippen LogP contribution in [-0.4, -0.2) is 23.8 Å². The number of hydrogen-bond donors (Lipinski definition) is 2. The first-order chi connectivity index (χ1) is 9.65. The minimum atomic E-state index is -0.651. The molecule has 0 aromatic heterocycles. The molecule has 0 spiro atoms. The number of rotatable bonds is 4. The van der Waals surface area contributed by atoms with Crippen LogP contribution in [0.4, 0.5) is 5.69 Å². The Labute approximate surface area is 126 Å². The van der Waals surface area contributed by atoms with Crippen molar-refractivity contribution in [3.63, 3.8) is 0 Å². The van der Waals surface area contributed by atoms with E-state index in [0.717, 1.165) is 5.69 Å². The van der Waals surface area contributed by atoms with E-state index in [0.29, 0.717) is 24.5 Å². The summed E-state index contributed by atoms with van der Waals surface area (Å²) < 4.78 is 11.3. The van der Waals surface area contributed by atoms with E-state index in [1.807, 2.05) is 26.0 Å². The Bertz CT molecular complexity index is 533. The predicted octanol–water partition coefficient (Wildman–Crippen LogP) is 2.91. The fourth-order valence-corrected chi connectivity index (χ4v) is 2.07. The minimum Gasteiger partial charge on any atom is -0.449 e. The van der Waals surface area contributed by atoms with Crippen LogP contribution in [0.1, 0.15) is 41.0 Å². The van der Waals surface area contributed by atoms with Crippen LogP contribution in [0.2, 0.25) is 0 Å². The molecule has 1 aromatic carbocycles. The molecule has 0 radical (unpaired) electrons. The predicted molar refractivity (Wildman–Crippen MR) is 82.8 cm³/mol. The maximum atomic E-state index is 11.9. The lowest BCUT2D eigenvalue weighted by Gasteiger charge is -2.20. The normalized spacial score (nSPS) is 15.9. The number of hydrogen-bond acceptors (Lipinski definition) is 4. The molecule has 116 valence electrons. The van der Waals surface area contributed by atoms with Gasteiger partial charge >= 0.3 is 0 Å². The standard InChI is InChI=1S/C16H24N2O3/c1-15(2,3)17-9-8-14(19)18-11-6-7-12-13(10-11)21-16(4,5)20-12/h6-7,10,17H,8-9H2,1-5H3,(H,18,19). The summed E-state index contributed by atoms with van der Waals surface area (Å²) in [5.41, 5.74) is 0.737. The Kier molecular flexibility index (Phi) is 4.14. The fourth-order valence-electron chi connectivity index (χ4n) is 2.07. The Balaban J connectivity index is 1.88. The van der Waals surface area contributed by atoms with Gasteiger partial charge < -0.3 is 20.1 Å². The van der Waals surface area contributed by atoms with Crippen molar-refractivity contribution in [3.8, 4) is 11.5 Å². The summed E-state index contributed by atoms with van der Waals surface area (Å²) in [4.78, 5) is 11.9. The van der Waals surface area contributed by atoms with E-state index < -0.39 is 5.79 Å². The number of ether oxygens (including phenoxy) is 2. The van der Waals surface area contributed by atoms with Crippen LogP contribution in [0, 0.1) is 0 Å². The van der Waals surface area contributed by atoms with Gasteiger partial charge in [-0.2, -0.15) is 0 Å². The average Bonchev–Trinajstić information content (AvgIpc) is 2.60. The molecule has 0 saturated carbocycles. The first kappa shape index (κ1) is 15.6. The van der Waals surface area contributed by atoms with Crippen molar-refractivity contribution in [2.75, 3.05) is 11.9 Å². The van der Waals surface area contributed by atoms with Crippen molar-refractivity contribution in [3.05, 3.63) is 18.2 Å². The number of nitrogens with one attached hydrogen (secondary N) is 2. The monoisotopic (exact) mass is 292 g/mol. The van der Waals surface area contributed by atoms with Gasteiger partial charge in [-0.3, -0.25) is 4.79 Å². The molecule has 1 aliphatic rings. The van der Waals surface area contributed by atoms with Crippen LogP contribution in [0.15, 0.2) is 18.2 Å². The van der Waals surface area contributed by atoms with Crippen LogP contribution in [-0.2, 0) is 4.79 Å². The number of anilines is 1. The smallest absolute Gasteiger partial charge is 0.246 e. The lowest BCUT2D eigenvalue weighted by Crippen LogP contribution is -2.37. The molecule has 5 heteroatoms. The zero-order valence-corrected chi connectivity index (χ0v) is 13.4. The van der Waals surface area contributed by atoms with Gasteiger partial charge in [-0.05, 0) is 32.9 Å². The molecule has 1 heterocycles. The molecule has 0 bridgehead atoms. The summed E-state index contributed by atoms with van der Waals surface area (Å²) >= 11 is 0. The van der Waals surface area contributed by atoms with Crippen molar-refractivity contribution in [2.24, 2.45) is 0 Å². The Hall–Kier alpha value is -1.75. The molecular weight excluding hydrogens is 268 g/mol. The third kappa shape index (κ3) is 4.63. The first-order valence-electron chi connectivity index (χ1n) is 7.22. The van der Waals surface area contributed by atoms with Crippen LogP contribution in [0.5, 0.6) is 11.5 Å². The molecule has 0 aliphatic carbocycles. The molecular formula is C16H24N2O3. The Morgan fingerprint density at radius 3 is 2.52 bits per heavy atom. The molecule has 1 aliphatic heterocycles. The maximum Gasteiger partial charge on any atom is 0.246 e. The lowest BCUT2D eigenvalue weighted by atomic mass is 10.1. The SMILES string of the molecule is CC(C)(C)NCCC(=O)Nc1ccc2c(c1)OC(C)(C)O2. The molecule has 5 nitrogen and oxygen atoms in total. The first-order valence-corrected chi connectivity index (χ1v) is 7.22. The van der Waals surface area contributed by atoms with Gasteiger partial charge in [0.15, 0.2) is 11.5 Å². The zero-order valence-electron chi connectivity index (χ0n) is 13.4. The summed E-state index contributed by atoms with van der Waals surface area (Å²) in [6.07, 6.45) is 0.428. The molecule has 21 heavy (non-hydrogen) atoms. The number of carbonyl (C=O) groups excluding carboxylic acids is 1. The van der Waals surface area contributed by atoms with Gasteiger partial charge in [0.25, 0.3) is 0 Å². The summed E-state index contributed by atoms with van der Waals surface area (Å²) in [6, 6.07) is 5.42. The van der Waals surface area contributed by atoms with Gasteiger partial charge in [0.05, 0.1) is 0 Å². The van der Waals surface area contributed by atoms with Crippen molar-refractivity contribution >= 4 is 11.6 Å². The van der Waals surface area contributed by atoms with Gasteiger partial charge in [0, 0.05) is 44.1 Å². The lowest BCUT2D eigenvalue weighted by molar-refractivity contribution is -0.116. The van der Waals surface area contributed by atoms with Gasteiger partial charge in [0.2, 0.25) is 11.7 Å². The van der Waals surface area contributed by atoms with Crippen molar-refractivity contribution in [1.29, 1.82) is 0 Å². The summed E-state index contributed by atoms with van der Waals surface area (Å²) in [7, 11) is 0. The average molecular weight is 292 g/mol. The Morgan fingerprint density at radius 2 is 1.86 bits per heavy atom. The van der Waals surface area contributed by atoms with Crippen molar-refractivity contribution < 1.29 is 14.3 Å². The van der Waals surface area contributed by atoms with Gasteiger partial charge in [-0.15, -0.1) is 0 Å². The molecule has 0 atom stereocenters. The second-order valence-corrected chi connectivity index (χ2v) is 6.74. The van der Waals surface area contributed by atoms with E-state index in [1.165, 1.54) is 0 Å². The van der Waals surface area contributed by atoms with E-state index in [4.69, 9.17) is 9.47 Å². The van der Waals surface area contributed by atoms with E-state index in [1.54, 1.807) is 6.07 Å². The molecule has 0 saturated heterocycles. The van der Waals surface area contributed by atoms with Crippen molar-refractivity contribution in [2.45, 2.75) is 52.4 Å². The highest BCUT2D eigenvalue weighted by Crippen LogP contribution is 2.40. The third-order valence-corrected chi connectivity index (χ3v) is 2.95. The van der Waals surface area contributed by atoms with Crippen LogP contribution in [0.3, 0.4) is 0 Å². The zero-order chi connectivity index (χ0) is 15.7. The second-order valence-electron chi connectivity index (χ2n) is 6.74. The van der Waals surface area contributed by atoms with E-state index in [-0.39, 0.29) is 11.4 Å². The topological polar surface area (TPSA) is 59.6 Å². The largest absolute Gasteiger partial charge is 0.449 e. The molecule has 2 rings (SSSR count). The number of amides is 1. The van der Waals surface area contributed by atoms with E-state index in [2.05, 4.69) is 31.4 Å². The second kappa shape index (κ2) is 5.56.